The molecule has 106 valence electrons. The molecular formula is C19H19NO. The number of carbonyl (C=O) groups excluding carboxylic acids is 1. The third kappa shape index (κ3) is 4.46. The summed E-state index contributed by atoms with van der Waals surface area (Å²) in [4.78, 5) is 11.7. The first-order chi connectivity index (χ1) is 10.2. The highest BCUT2D eigenvalue weighted by Gasteiger charge is 2.03. The third-order valence-corrected chi connectivity index (χ3v) is 3.09. The van der Waals surface area contributed by atoms with Gasteiger partial charge in [-0.2, -0.15) is 0 Å². The average Bonchev–Trinajstić information content (AvgIpc) is 2.53. The second-order valence-corrected chi connectivity index (χ2v) is 4.75. The van der Waals surface area contributed by atoms with Crippen molar-refractivity contribution in [3.63, 3.8) is 0 Å². The van der Waals surface area contributed by atoms with Crippen LogP contribution in [-0.4, -0.2) is 5.78 Å². The predicted molar refractivity (Wildman–Crippen MR) is 89.3 cm³/mol. The zero-order valence-electron chi connectivity index (χ0n) is 12.2. The van der Waals surface area contributed by atoms with Gasteiger partial charge in [0, 0.05) is 23.4 Å². The van der Waals surface area contributed by atoms with E-state index in [1.54, 1.807) is 0 Å². The van der Waals surface area contributed by atoms with Crippen molar-refractivity contribution in [3.8, 4) is 0 Å². The molecule has 2 nitrogen and oxygen atoms in total. The highest BCUT2D eigenvalue weighted by atomic mass is 16.1. The molecule has 0 atom stereocenters. The van der Waals surface area contributed by atoms with Crippen molar-refractivity contribution < 1.29 is 4.79 Å². The van der Waals surface area contributed by atoms with Crippen molar-refractivity contribution in [1.82, 2.24) is 0 Å². The lowest BCUT2D eigenvalue weighted by atomic mass is 10.1. The summed E-state index contributed by atoms with van der Waals surface area (Å²) >= 11 is 0. The molecule has 0 aliphatic heterocycles. The van der Waals surface area contributed by atoms with E-state index in [0.29, 0.717) is 6.42 Å². The summed E-state index contributed by atoms with van der Waals surface area (Å²) < 4.78 is 0. The molecule has 0 saturated heterocycles. The van der Waals surface area contributed by atoms with Gasteiger partial charge in [0.2, 0.25) is 0 Å². The second kappa shape index (κ2) is 7.25. The number of rotatable bonds is 6. The van der Waals surface area contributed by atoms with Crippen molar-refractivity contribution in [2.75, 3.05) is 5.32 Å². The topological polar surface area (TPSA) is 29.1 Å². The van der Waals surface area contributed by atoms with Gasteiger partial charge in [0.25, 0.3) is 0 Å². The molecule has 0 bridgehead atoms. The van der Waals surface area contributed by atoms with Gasteiger partial charge in [-0.3, -0.25) is 4.79 Å². The maximum absolute atomic E-state index is 11.7. The molecule has 0 saturated carbocycles. The van der Waals surface area contributed by atoms with Crippen LogP contribution in [0, 0.1) is 0 Å². The first-order valence-corrected chi connectivity index (χ1v) is 7.01. The lowest BCUT2D eigenvalue weighted by Gasteiger charge is -2.07. The zero-order valence-corrected chi connectivity index (χ0v) is 12.2. The van der Waals surface area contributed by atoms with E-state index in [-0.39, 0.29) is 5.78 Å². The molecule has 21 heavy (non-hydrogen) atoms. The van der Waals surface area contributed by atoms with Gasteiger partial charge in [0.1, 0.15) is 0 Å². The minimum atomic E-state index is 0.143. The molecule has 2 heteroatoms. The van der Waals surface area contributed by atoms with Crippen molar-refractivity contribution in [1.29, 1.82) is 0 Å². The van der Waals surface area contributed by atoms with Crippen LogP contribution in [0.2, 0.25) is 0 Å². The van der Waals surface area contributed by atoms with Crippen LogP contribution in [0.3, 0.4) is 0 Å². The van der Waals surface area contributed by atoms with E-state index in [1.165, 1.54) is 0 Å². The average molecular weight is 277 g/mol. The Hall–Kier alpha value is -2.61. The molecule has 0 amide bonds. The fraction of sp³-hybridized carbons (Fsp3) is 0.105. The summed E-state index contributed by atoms with van der Waals surface area (Å²) in [6.45, 7) is 5.84. The molecular weight excluding hydrogens is 258 g/mol. The Labute approximate surface area is 125 Å². The van der Waals surface area contributed by atoms with Crippen LogP contribution in [0.25, 0.3) is 6.08 Å². The number of hydrogen-bond donors (Lipinski definition) is 1. The Balaban J connectivity index is 2.03. The van der Waals surface area contributed by atoms with Crippen LogP contribution >= 0.6 is 0 Å². The molecule has 2 aromatic rings. The van der Waals surface area contributed by atoms with E-state index in [0.717, 1.165) is 22.5 Å². The largest absolute Gasteiger partial charge is 0.356 e. The molecule has 0 fully saturated rings. The molecule has 0 aromatic heterocycles. The Morgan fingerprint density at radius 1 is 1.14 bits per heavy atom. The Kier molecular flexibility index (Phi) is 5.10. The monoisotopic (exact) mass is 277 g/mol. The summed E-state index contributed by atoms with van der Waals surface area (Å²) in [5, 5.41) is 3.20. The van der Waals surface area contributed by atoms with Gasteiger partial charge in [-0.05, 0) is 23.8 Å². The molecule has 0 unspecified atom stereocenters. The molecule has 2 rings (SSSR count). The first kappa shape index (κ1) is 14.8. The van der Waals surface area contributed by atoms with Crippen LogP contribution in [0.15, 0.2) is 72.9 Å². The SMILES string of the molecule is C=C(/C=C/c1ccccc1)Nc1cccc(C(=O)CC)c1. The van der Waals surface area contributed by atoms with E-state index >= 15 is 0 Å². The molecule has 0 aliphatic carbocycles. The molecule has 0 heterocycles. The molecule has 1 N–H and O–H groups in total. The normalized spacial score (nSPS) is 10.5. The van der Waals surface area contributed by atoms with E-state index in [2.05, 4.69) is 11.9 Å². The summed E-state index contributed by atoms with van der Waals surface area (Å²) in [6, 6.07) is 17.5. The van der Waals surface area contributed by atoms with Crippen molar-refractivity contribution in [2.45, 2.75) is 13.3 Å². The van der Waals surface area contributed by atoms with Crippen LogP contribution in [0.5, 0.6) is 0 Å². The maximum atomic E-state index is 11.7. The number of allylic oxidation sites excluding steroid dienone is 1. The molecule has 0 radical (unpaired) electrons. The smallest absolute Gasteiger partial charge is 0.162 e. The highest BCUT2D eigenvalue weighted by molar-refractivity contribution is 5.96. The standard InChI is InChI=1S/C19H19NO/c1-3-19(21)17-10-7-11-18(14-17)20-15(2)12-13-16-8-5-4-6-9-16/h4-14,20H,2-3H2,1H3/b13-12+. The van der Waals surface area contributed by atoms with Crippen LogP contribution in [-0.2, 0) is 0 Å². The van der Waals surface area contributed by atoms with Crippen molar-refractivity contribution in [3.05, 3.63) is 84.1 Å². The van der Waals surface area contributed by atoms with Crippen LogP contribution in [0.4, 0.5) is 5.69 Å². The van der Waals surface area contributed by atoms with Gasteiger partial charge >= 0.3 is 0 Å². The third-order valence-electron chi connectivity index (χ3n) is 3.09. The van der Waals surface area contributed by atoms with E-state index in [9.17, 15) is 4.79 Å². The Morgan fingerprint density at radius 2 is 1.90 bits per heavy atom. The van der Waals surface area contributed by atoms with Gasteiger partial charge in [-0.15, -0.1) is 0 Å². The van der Waals surface area contributed by atoms with E-state index in [1.807, 2.05) is 73.7 Å². The zero-order chi connectivity index (χ0) is 15.1. The predicted octanol–water partition coefficient (Wildman–Crippen LogP) is 4.92. The number of benzene rings is 2. The minimum absolute atomic E-state index is 0.143. The Morgan fingerprint density at radius 3 is 2.62 bits per heavy atom. The van der Waals surface area contributed by atoms with Crippen LogP contribution < -0.4 is 5.32 Å². The van der Waals surface area contributed by atoms with Crippen molar-refractivity contribution >= 4 is 17.5 Å². The highest BCUT2D eigenvalue weighted by Crippen LogP contribution is 2.15. The summed E-state index contributed by atoms with van der Waals surface area (Å²) in [5.41, 5.74) is 3.50. The second-order valence-electron chi connectivity index (χ2n) is 4.75. The van der Waals surface area contributed by atoms with Crippen molar-refractivity contribution in [2.24, 2.45) is 0 Å². The summed E-state index contributed by atoms with van der Waals surface area (Å²) in [6.07, 6.45) is 4.43. The fourth-order valence-corrected chi connectivity index (χ4v) is 1.96. The quantitative estimate of drug-likeness (QED) is 0.600. The Bertz CT molecular complexity index is 656. The van der Waals surface area contributed by atoms with Gasteiger partial charge in [0.05, 0.1) is 0 Å². The van der Waals surface area contributed by atoms with Gasteiger partial charge < -0.3 is 5.32 Å². The van der Waals surface area contributed by atoms with Crippen LogP contribution in [0.1, 0.15) is 29.3 Å². The summed E-state index contributed by atoms with van der Waals surface area (Å²) in [7, 11) is 0. The lowest BCUT2D eigenvalue weighted by Crippen LogP contribution is -1.99. The number of nitrogens with one attached hydrogen (secondary N) is 1. The molecule has 2 aromatic carbocycles. The fourth-order valence-electron chi connectivity index (χ4n) is 1.96. The van der Waals surface area contributed by atoms with Gasteiger partial charge in [0.15, 0.2) is 5.78 Å². The number of Topliss-reactive ketones (excluding diaryl/α,β-unsaturated/α-hetero) is 1. The van der Waals surface area contributed by atoms with Gasteiger partial charge in [-0.1, -0.05) is 62.0 Å². The number of hydrogen-bond acceptors (Lipinski definition) is 2. The summed E-state index contributed by atoms with van der Waals surface area (Å²) in [5.74, 6) is 0.143. The lowest BCUT2D eigenvalue weighted by molar-refractivity contribution is 0.0988. The first-order valence-electron chi connectivity index (χ1n) is 7.01. The maximum Gasteiger partial charge on any atom is 0.162 e. The van der Waals surface area contributed by atoms with E-state index in [4.69, 9.17) is 0 Å². The van der Waals surface area contributed by atoms with E-state index < -0.39 is 0 Å². The molecule has 0 spiro atoms. The minimum Gasteiger partial charge on any atom is -0.356 e. The number of anilines is 1. The number of carbonyl (C=O) groups is 1. The van der Waals surface area contributed by atoms with Gasteiger partial charge in [-0.25, -0.2) is 0 Å². The number of ketones is 1. The molecule has 0 aliphatic rings.